The van der Waals surface area contributed by atoms with E-state index >= 15 is 0 Å². The largest absolute Gasteiger partial charge is 0.495 e. The van der Waals surface area contributed by atoms with Gasteiger partial charge < -0.3 is 20.9 Å². The Morgan fingerprint density at radius 2 is 1.88 bits per heavy atom. The number of anilines is 1. The Balaban J connectivity index is 1.66. The van der Waals surface area contributed by atoms with E-state index in [-0.39, 0.29) is 27.6 Å². The summed E-state index contributed by atoms with van der Waals surface area (Å²) in [5, 5.41) is -0.700. The van der Waals surface area contributed by atoms with Gasteiger partial charge in [0, 0.05) is 17.0 Å². The number of imide groups is 1. The molecule has 0 radical (unpaired) electrons. The number of rotatable bonds is 3. The van der Waals surface area contributed by atoms with Crippen molar-refractivity contribution in [2.24, 2.45) is 17.4 Å². The van der Waals surface area contributed by atoms with E-state index in [0.717, 1.165) is 16.7 Å². The predicted octanol–water partition coefficient (Wildman–Crippen LogP) is 1.27. The number of hydrogen-bond acceptors (Lipinski definition) is 8. The molecule has 0 unspecified atom stereocenters. The highest BCUT2D eigenvalue weighted by Gasteiger charge is 2.59. The zero-order valence-electron chi connectivity index (χ0n) is 16.7. The maximum atomic E-state index is 13.7. The van der Waals surface area contributed by atoms with E-state index in [1.54, 1.807) is 24.3 Å². The van der Waals surface area contributed by atoms with Crippen LogP contribution in [0.3, 0.4) is 0 Å². The predicted molar refractivity (Wildman–Crippen MR) is 115 cm³/mol. The molecule has 0 saturated carbocycles. The molecule has 0 spiro atoms. The van der Waals surface area contributed by atoms with Crippen LogP contribution in [0.25, 0.3) is 0 Å². The standard InChI is InChI=1S/C22H17N3O6S/c1-30-13-7-6-9(18(23)26)8-11(13)25-20(27)15-14-10-4-2-3-5-12(10)31-22(29)16(14)19(24)32-17(15)21(25)28/h2-8,14-15,17H,24H2,1H3,(H2,23,26)/t14-,15+,17-/m0/s1. The van der Waals surface area contributed by atoms with Crippen molar-refractivity contribution < 1.29 is 28.7 Å². The molecule has 4 N–H and O–H groups in total. The van der Waals surface area contributed by atoms with E-state index in [1.807, 2.05) is 0 Å². The van der Waals surface area contributed by atoms with Gasteiger partial charge in [0.15, 0.2) is 0 Å². The van der Waals surface area contributed by atoms with Gasteiger partial charge in [-0.25, -0.2) is 9.69 Å². The van der Waals surface area contributed by atoms with Gasteiger partial charge in [0.25, 0.3) is 0 Å². The molecule has 3 heterocycles. The van der Waals surface area contributed by atoms with Gasteiger partial charge in [-0.3, -0.25) is 14.4 Å². The molecule has 0 aliphatic carbocycles. The quantitative estimate of drug-likeness (QED) is 0.404. The fourth-order valence-electron chi connectivity index (χ4n) is 4.46. The van der Waals surface area contributed by atoms with Crippen LogP contribution in [0.4, 0.5) is 5.69 Å². The molecule has 3 atom stereocenters. The molecule has 2 aromatic rings. The average Bonchev–Trinajstić information content (AvgIpc) is 3.02. The molecule has 9 nitrogen and oxygen atoms in total. The van der Waals surface area contributed by atoms with Crippen molar-refractivity contribution in [3.63, 3.8) is 0 Å². The highest BCUT2D eigenvalue weighted by molar-refractivity contribution is 8.04. The van der Waals surface area contributed by atoms with Crippen molar-refractivity contribution in [2.75, 3.05) is 12.0 Å². The Morgan fingerprint density at radius 3 is 2.59 bits per heavy atom. The van der Waals surface area contributed by atoms with Crippen molar-refractivity contribution in [3.8, 4) is 11.5 Å². The lowest BCUT2D eigenvalue weighted by Gasteiger charge is -2.36. The topological polar surface area (TPSA) is 142 Å². The van der Waals surface area contributed by atoms with Gasteiger partial charge in [-0.05, 0) is 24.3 Å². The van der Waals surface area contributed by atoms with E-state index < -0.39 is 40.8 Å². The van der Waals surface area contributed by atoms with Crippen LogP contribution in [0.15, 0.2) is 53.1 Å². The van der Waals surface area contributed by atoms with Crippen molar-refractivity contribution in [1.29, 1.82) is 0 Å². The van der Waals surface area contributed by atoms with Gasteiger partial charge in [-0.2, -0.15) is 0 Å². The van der Waals surface area contributed by atoms with Crippen LogP contribution in [-0.4, -0.2) is 36.1 Å². The van der Waals surface area contributed by atoms with Crippen molar-refractivity contribution in [2.45, 2.75) is 11.2 Å². The number of carbonyl (C=O) groups is 4. The number of fused-ring (bicyclic) bond motifs is 5. The maximum absolute atomic E-state index is 13.7. The molecule has 5 rings (SSSR count). The van der Waals surface area contributed by atoms with Crippen LogP contribution in [-0.2, 0) is 14.4 Å². The summed E-state index contributed by atoms with van der Waals surface area (Å²) in [6, 6.07) is 11.1. The monoisotopic (exact) mass is 451 g/mol. The molecular weight excluding hydrogens is 434 g/mol. The molecule has 10 heteroatoms. The number of nitrogens with two attached hydrogens (primary N) is 2. The molecule has 0 aromatic heterocycles. The molecule has 162 valence electrons. The number of carbonyl (C=O) groups excluding carboxylic acids is 4. The molecule has 1 fully saturated rings. The van der Waals surface area contributed by atoms with Gasteiger partial charge in [0.1, 0.15) is 16.7 Å². The second-order valence-electron chi connectivity index (χ2n) is 7.51. The number of hydrogen-bond donors (Lipinski definition) is 2. The average molecular weight is 451 g/mol. The number of ether oxygens (including phenoxy) is 2. The Morgan fingerprint density at radius 1 is 1.12 bits per heavy atom. The lowest BCUT2D eigenvalue weighted by atomic mass is 9.77. The fraction of sp³-hybridized carbons (Fsp3) is 0.182. The molecule has 3 aliphatic rings. The molecule has 3 amide bonds. The summed E-state index contributed by atoms with van der Waals surface area (Å²) >= 11 is 0.967. The third-order valence-electron chi connectivity index (χ3n) is 5.87. The fourth-order valence-corrected chi connectivity index (χ4v) is 5.70. The second-order valence-corrected chi connectivity index (χ2v) is 8.69. The molecule has 1 saturated heterocycles. The van der Waals surface area contributed by atoms with Crippen molar-refractivity contribution in [3.05, 3.63) is 64.2 Å². The maximum Gasteiger partial charge on any atom is 0.342 e. The summed E-state index contributed by atoms with van der Waals surface area (Å²) in [6.45, 7) is 0. The molecular formula is C22H17N3O6S. The van der Waals surface area contributed by atoms with E-state index in [0.29, 0.717) is 11.3 Å². The zero-order valence-corrected chi connectivity index (χ0v) is 17.5. The van der Waals surface area contributed by atoms with Crippen LogP contribution in [0.5, 0.6) is 11.5 Å². The van der Waals surface area contributed by atoms with E-state index in [9.17, 15) is 19.2 Å². The smallest absolute Gasteiger partial charge is 0.342 e. The third-order valence-corrected chi connectivity index (χ3v) is 7.09. The summed E-state index contributed by atoms with van der Waals surface area (Å²) < 4.78 is 10.7. The Hall–Kier alpha value is -3.79. The molecule has 3 aliphatic heterocycles. The Labute approximate surface area is 186 Å². The zero-order chi connectivity index (χ0) is 22.7. The van der Waals surface area contributed by atoms with E-state index in [4.69, 9.17) is 20.9 Å². The minimum atomic E-state index is -0.884. The highest BCUT2D eigenvalue weighted by Crippen LogP contribution is 2.55. The first-order chi connectivity index (χ1) is 15.3. The lowest BCUT2D eigenvalue weighted by Crippen LogP contribution is -2.39. The van der Waals surface area contributed by atoms with Gasteiger partial charge in [-0.1, -0.05) is 30.0 Å². The lowest BCUT2D eigenvalue weighted by molar-refractivity contribution is -0.131. The minimum Gasteiger partial charge on any atom is -0.495 e. The first kappa shape index (κ1) is 20.1. The second kappa shape index (κ2) is 7.13. The summed E-state index contributed by atoms with van der Waals surface area (Å²) in [6.07, 6.45) is 0. The summed E-state index contributed by atoms with van der Waals surface area (Å²) in [4.78, 5) is 52.5. The Kier molecular flexibility index (Phi) is 4.48. The number of benzene rings is 2. The van der Waals surface area contributed by atoms with Crippen LogP contribution in [0.1, 0.15) is 21.8 Å². The van der Waals surface area contributed by atoms with Gasteiger partial charge in [-0.15, -0.1) is 0 Å². The summed E-state index contributed by atoms with van der Waals surface area (Å²) in [5.74, 6) is -3.44. The summed E-state index contributed by atoms with van der Waals surface area (Å²) in [5.41, 5.74) is 12.6. The van der Waals surface area contributed by atoms with Crippen LogP contribution < -0.4 is 25.8 Å². The van der Waals surface area contributed by atoms with Crippen molar-refractivity contribution >= 4 is 41.1 Å². The summed E-state index contributed by atoms with van der Waals surface area (Å²) in [7, 11) is 1.39. The molecule has 0 bridgehead atoms. The van der Waals surface area contributed by atoms with Gasteiger partial charge >= 0.3 is 5.97 Å². The SMILES string of the molecule is COc1ccc(C(N)=O)cc1N1C(=O)[C@H]2[C@H](SC(N)=C3C(=O)Oc4ccccc4[C@H]32)C1=O. The van der Waals surface area contributed by atoms with Crippen LogP contribution in [0, 0.1) is 5.92 Å². The number of amides is 3. The molecule has 32 heavy (non-hydrogen) atoms. The number of esters is 1. The van der Waals surface area contributed by atoms with Gasteiger partial charge in [0.2, 0.25) is 17.7 Å². The number of nitrogens with zero attached hydrogens (tertiary/aromatic N) is 1. The minimum absolute atomic E-state index is 0.112. The third kappa shape index (κ3) is 2.72. The normalized spacial score (nSPS) is 24.0. The van der Waals surface area contributed by atoms with Crippen LogP contribution >= 0.6 is 11.8 Å². The first-order valence-electron chi connectivity index (χ1n) is 9.66. The van der Waals surface area contributed by atoms with Crippen LogP contribution in [0.2, 0.25) is 0 Å². The van der Waals surface area contributed by atoms with E-state index in [1.165, 1.54) is 25.3 Å². The molecule has 2 aromatic carbocycles. The number of methoxy groups -OCH3 is 1. The first-order valence-corrected chi connectivity index (χ1v) is 10.5. The number of thioether (sulfide) groups is 1. The number of primary amides is 1. The van der Waals surface area contributed by atoms with Crippen molar-refractivity contribution in [1.82, 2.24) is 0 Å². The Bertz CT molecular complexity index is 1260. The van der Waals surface area contributed by atoms with Gasteiger partial charge in [0.05, 0.1) is 29.3 Å². The number of para-hydroxylation sites is 1. The highest BCUT2D eigenvalue weighted by atomic mass is 32.2. The van der Waals surface area contributed by atoms with E-state index in [2.05, 4.69) is 0 Å².